The lowest BCUT2D eigenvalue weighted by Gasteiger charge is -2.49. The highest BCUT2D eigenvalue weighted by molar-refractivity contribution is 7.93. The molecule has 0 aliphatic carbocycles. The molecule has 2 atom stereocenters. The third kappa shape index (κ3) is 4.57. The summed E-state index contributed by atoms with van der Waals surface area (Å²) in [5, 5.41) is 3.36. The van der Waals surface area contributed by atoms with Crippen molar-refractivity contribution in [1.29, 1.82) is 0 Å². The van der Waals surface area contributed by atoms with Gasteiger partial charge in [0, 0.05) is 12.1 Å². The number of nitrogens with one attached hydrogen (secondary N) is 2. The molecule has 4 heterocycles. The van der Waals surface area contributed by atoms with Crippen LogP contribution in [0.1, 0.15) is 29.4 Å². The average molecular weight is 490 g/mol. The summed E-state index contributed by atoms with van der Waals surface area (Å²) >= 11 is 1.03. The first kappa shape index (κ1) is 22.9. The number of alkyl halides is 3. The van der Waals surface area contributed by atoms with E-state index < -0.39 is 15.5 Å². The number of hydrogen-bond donors (Lipinski definition) is 2. The third-order valence-electron chi connectivity index (χ3n) is 5.93. The lowest BCUT2D eigenvalue weighted by Crippen LogP contribution is -2.62. The Bertz CT molecular complexity index is 1090. The van der Waals surface area contributed by atoms with Gasteiger partial charge in [0.1, 0.15) is 0 Å². The van der Waals surface area contributed by atoms with Gasteiger partial charge in [-0.15, -0.1) is 0 Å². The van der Waals surface area contributed by atoms with Crippen LogP contribution in [0.15, 0.2) is 36.4 Å². The minimum atomic E-state index is -5.59. The molecule has 2 aromatic rings. The molecule has 3 fully saturated rings. The van der Waals surface area contributed by atoms with Crippen molar-refractivity contribution < 1.29 is 31.1 Å². The lowest BCUT2D eigenvalue weighted by atomic mass is 9.79. The first-order valence-electron chi connectivity index (χ1n) is 10.1. The molecule has 32 heavy (non-hydrogen) atoms. The largest absolute Gasteiger partial charge is 0.516 e. The number of piperidine rings is 3. The number of sulfonamides is 1. The average Bonchev–Trinajstić information content (AvgIpc) is 3.20. The number of hydrogen-bond acceptors (Lipinski definition) is 6. The number of fused-ring (bicyclic) bond motifs is 3. The molecular formula is C20H22F3N3O4S2. The highest BCUT2D eigenvalue weighted by Crippen LogP contribution is 2.37. The summed E-state index contributed by atoms with van der Waals surface area (Å²) in [5.41, 5.74) is -5.81. The van der Waals surface area contributed by atoms with Crippen molar-refractivity contribution in [2.45, 2.75) is 37.4 Å². The molecule has 1 amide bonds. The minimum Gasteiger partial charge on any atom is -0.444 e. The Morgan fingerprint density at radius 2 is 1.84 bits per heavy atom. The summed E-state index contributed by atoms with van der Waals surface area (Å²) in [6.45, 7) is 4.21. The maximum Gasteiger partial charge on any atom is 0.516 e. The Morgan fingerprint density at radius 1 is 1.16 bits per heavy atom. The van der Waals surface area contributed by atoms with Crippen LogP contribution in [0.2, 0.25) is 0 Å². The van der Waals surface area contributed by atoms with E-state index in [9.17, 15) is 26.4 Å². The Hall–Kier alpha value is -2.31. The summed E-state index contributed by atoms with van der Waals surface area (Å²) in [6.07, 6.45) is 2.11. The molecular weight excluding hydrogens is 467 g/mol. The number of benzene rings is 1. The molecule has 3 saturated heterocycles. The van der Waals surface area contributed by atoms with Crippen molar-refractivity contribution in [2.75, 3.05) is 17.8 Å². The van der Waals surface area contributed by atoms with E-state index in [2.05, 4.69) is 17.1 Å². The number of para-hydroxylation sites is 2. The highest BCUT2D eigenvalue weighted by atomic mass is 32.2. The number of ether oxygens (including phenoxy) is 1. The van der Waals surface area contributed by atoms with Gasteiger partial charge in [0.25, 0.3) is 5.91 Å². The van der Waals surface area contributed by atoms with Gasteiger partial charge in [-0.3, -0.25) is 14.4 Å². The highest BCUT2D eigenvalue weighted by Gasteiger charge is 2.46. The quantitative estimate of drug-likeness (QED) is 0.640. The van der Waals surface area contributed by atoms with Gasteiger partial charge in [0.15, 0.2) is 10.8 Å². The molecule has 5 rings (SSSR count). The molecule has 2 bridgehead atoms. The van der Waals surface area contributed by atoms with Gasteiger partial charge < -0.3 is 10.1 Å². The van der Waals surface area contributed by atoms with E-state index in [0.29, 0.717) is 10.8 Å². The van der Waals surface area contributed by atoms with Crippen LogP contribution < -0.4 is 14.8 Å². The van der Waals surface area contributed by atoms with E-state index in [1.165, 1.54) is 29.0 Å². The smallest absolute Gasteiger partial charge is 0.444 e. The Morgan fingerprint density at radius 3 is 2.50 bits per heavy atom. The minimum absolute atomic E-state index is 0.0639. The maximum atomic E-state index is 12.8. The van der Waals surface area contributed by atoms with E-state index >= 15 is 0 Å². The van der Waals surface area contributed by atoms with Crippen LogP contribution in [0.3, 0.4) is 0 Å². The molecule has 1 aromatic heterocycles. The molecule has 0 saturated carbocycles. The zero-order valence-electron chi connectivity index (χ0n) is 17.1. The second-order valence-electron chi connectivity index (χ2n) is 7.88. The van der Waals surface area contributed by atoms with E-state index in [0.717, 1.165) is 43.3 Å². The number of carbonyl (C=O) groups is 1. The van der Waals surface area contributed by atoms with Crippen molar-refractivity contribution >= 4 is 33.0 Å². The maximum absolute atomic E-state index is 12.8. The number of rotatable bonds is 6. The second kappa shape index (κ2) is 8.56. The van der Waals surface area contributed by atoms with E-state index in [4.69, 9.17) is 4.74 Å². The monoisotopic (exact) mass is 489 g/mol. The zero-order chi connectivity index (χ0) is 23.1. The second-order valence-corrected chi connectivity index (χ2v) is 10.6. The summed E-state index contributed by atoms with van der Waals surface area (Å²) in [7, 11) is -5.59. The van der Waals surface area contributed by atoms with Gasteiger partial charge in [-0.25, -0.2) is 0 Å². The van der Waals surface area contributed by atoms with Crippen molar-refractivity contribution in [3.05, 3.63) is 41.3 Å². The van der Waals surface area contributed by atoms with Crippen LogP contribution >= 0.6 is 11.3 Å². The van der Waals surface area contributed by atoms with Gasteiger partial charge in [-0.05, 0) is 63.0 Å². The standard InChI is InChI=1S/C20H22F3N3O4S2/c1-12-18(13-8-10-26(12)11-9-13)24-19(27)16-6-7-17(31-16)30-15-5-3-2-4-14(15)25-32(28,29)20(21,22)23/h2-7,12-13,18,25H,8-11H2,1H3,(H,24,27)/t12-,18+/m1/s1. The van der Waals surface area contributed by atoms with Crippen molar-refractivity contribution in [1.82, 2.24) is 10.2 Å². The van der Waals surface area contributed by atoms with E-state index in [-0.39, 0.29) is 34.5 Å². The van der Waals surface area contributed by atoms with Gasteiger partial charge in [0.05, 0.1) is 10.6 Å². The predicted molar refractivity (Wildman–Crippen MR) is 114 cm³/mol. The molecule has 0 radical (unpaired) electrons. The molecule has 0 unspecified atom stereocenters. The lowest BCUT2D eigenvalue weighted by molar-refractivity contribution is -0.0429. The van der Waals surface area contributed by atoms with E-state index in [1.807, 2.05) is 0 Å². The number of nitrogens with zero attached hydrogens (tertiary/aromatic N) is 1. The summed E-state index contributed by atoms with van der Waals surface area (Å²) in [6, 6.07) is 8.79. The Labute approximate surface area is 187 Å². The number of anilines is 1. The van der Waals surface area contributed by atoms with Crippen LogP contribution in [-0.4, -0.2) is 49.9 Å². The van der Waals surface area contributed by atoms with Crippen molar-refractivity contribution in [3.8, 4) is 10.8 Å². The molecule has 174 valence electrons. The van der Waals surface area contributed by atoms with Crippen LogP contribution in [0.25, 0.3) is 0 Å². The van der Waals surface area contributed by atoms with Crippen LogP contribution in [-0.2, 0) is 10.0 Å². The first-order chi connectivity index (χ1) is 15.0. The van der Waals surface area contributed by atoms with Gasteiger partial charge in [-0.2, -0.15) is 21.6 Å². The zero-order valence-corrected chi connectivity index (χ0v) is 18.7. The normalized spacial score (nSPS) is 25.4. The summed E-state index contributed by atoms with van der Waals surface area (Å²) < 4.78 is 68.1. The molecule has 1 aromatic carbocycles. The Kier molecular flexibility index (Phi) is 6.12. The van der Waals surface area contributed by atoms with Crippen molar-refractivity contribution in [3.63, 3.8) is 0 Å². The molecule has 2 N–H and O–H groups in total. The van der Waals surface area contributed by atoms with Gasteiger partial charge in [0.2, 0.25) is 0 Å². The summed E-state index contributed by atoms with van der Waals surface area (Å²) in [4.78, 5) is 15.5. The number of halogens is 3. The Balaban J connectivity index is 1.46. The number of carbonyl (C=O) groups excluding carboxylic acids is 1. The third-order valence-corrected chi connectivity index (χ3v) is 7.99. The van der Waals surface area contributed by atoms with Gasteiger partial charge >= 0.3 is 15.5 Å². The fraction of sp³-hybridized carbons (Fsp3) is 0.450. The van der Waals surface area contributed by atoms with E-state index in [1.54, 1.807) is 6.07 Å². The molecule has 3 aliphatic heterocycles. The van der Waals surface area contributed by atoms with Crippen LogP contribution in [0.4, 0.5) is 18.9 Å². The predicted octanol–water partition coefficient (Wildman–Crippen LogP) is 4.01. The SMILES string of the molecule is C[C@@H]1[C@H](NC(=O)c2ccc(Oc3ccccc3NS(=O)(=O)C(F)(F)F)s2)C2CCN1CC2. The molecule has 7 nitrogen and oxygen atoms in total. The van der Waals surface area contributed by atoms with Crippen LogP contribution in [0.5, 0.6) is 10.8 Å². The van der Waals surface area contributed by atoms with Crippen molar-refractivity contribution in [2.24, 2.45) is 5.92 Å². The first-order valence-corrected chi connectivity index (χ1v) is 12.4. The summed E-state index contributed by atoms with van der Waals surface area (Å²) in [5.74, 6) is 0.102. The topological polar surface area (TPSA) is 87.7 Å². The molecule has 0 spiro atoms. The van der Waals surface area contributed by atoms with Gasteiger partial charge in [-0.1, -0.05) is 23.5 Å². The molecule has 3 aliphatic rings. The van der Waals surface area contributed by atoms with Crippen LogP contribution in [0, 0.1) is 5.92 Å². The number of amides is 1. The number of thiophene rings is 1. The fourth-order valence-corrected chi connectivity index (χ4v) is 5.56. The fourth-order valence-electron chi connectivity index (χ4n) is 4.22. The molecule has 12 heteroatoms.